The lowest BCUT2D eigenvalue weighted by molar-refractivity contribution is -0.316. The number of hydrogen-bond acceptors (Lipinski definition) is 5. The van der Waals surface area contributed by atoms with E-state index in [1.54, 1.807) is 0 Å². The maximum absolute atomic E-state index is 13.3. The van der Waals surface area contributed by atoms with Crippen molar-refractivity contribution in [2.45, 2.75) is 44.8 Å². The van der Waals surface area contributed by atoms with Crippen LogP contribution in [0.1, 0.15) is 39.0 Å². The SMILES string of the molecule is C[C@H]1C=C[C@H]2CCCC[C@@H]2[C@H]1C(=O)C1=C[C@]2(O)[C@H](C(=O)[O-])CCN2C1=O. The number of carboxylic acids is 1. The Morgan fingerprint density at radius 3 is 2.69 bits per heavy atom. The molecule has 26 heavy (non-hydrogen) atoms. The summed E-state index contributed by atoms with van der Waals surface area (Å²) >= 11 is 0. The van der Waals surface area contributed by atoms with E-state index in [2.05, 4.69) is 12.2 Å². The molecule has 0 aromatic rings. The second kappa shape index (κ2) is 6.05. The van der Waals surface area contributed by atoms with Crippen molar-refractivity contribution >= 4 is 17.7 Å². The van der Waals surface area contributed by atoms with Crippen LogP contribution in [0.4, 0.5) is 0 Å². The number of carboxylic acid groups (broad SMARTS) is 1. The molecule has 4 aliphatic rings. The molecule has 0 bridgehead atoms. The van der Waals surface area contributed by atoms with E-state index in [4.69, 9.17) is 0 Å². The Bertz CT molecular complexity index is 726. The Balaban J connectivity index is 1.67. The van der Waals surface area contributed by atoms with E-state index in [0.717, 1.165) is 30.6 Å². The predicted molar refractivity (Wildman–Crippen MR) is 90.1 cm³/mol. The third-order valence-corrected chi connectivity index (χ3v) is 6.84. The Labute approximate surface area is 152 Å². The molecule has 4 rings (SSSR count). The van der Waals surface area contributed by atoms with E-state index in [9.17, 15) is 24.6 Å². The summed E-state index contributed by atoms with van der Waals surface area (Å²) in [5.74, 6) is -3.06. The molecule has 1 N–H and O–H groups in total. The lowest BCUT2D eigenvalue weighted by Gasteiger charge is -2.40. The zero-order valence-corrected chi connectivity index (χ0v) is 14.9. The maximum atomic E-state index is 13.3. The van der Waals surface area contributed by atoms with Crippen LogP contribution in [0.3, 0.4) is 0 Å². The summed E-state index contributed by atoms with van der Waals surface area (Å²) in [7, 11) is 0. The molecule has 6 nitrogen and oxygen atoms in total. The van der Waals surface area contributed by atoms with Gasteiger partial charge in [0.2, 0.25) is 0 Å². The molecule has 0 radical (unpaired) electrons. The Morgan fingerprint density at radius 1 is 1.23 bits per heavy atom. The van der Waals surface area contributed by atoms with Gasteiger partial charge < -0.3 is 19.9 Å². The van der Waals surface area contributed by atoms with Gasteiger partial charge in [-0.3, -0.25) is 9.59 Å². The summed E-state index contributed by atoms with van der Waals surface area (Å²) in [5, 5.41) is 22.1. The number of Topliss-reactive ketones (excluding diaryl/α,β-unsaturated/α-hetero) is 1. The molecular formula is C20H24NO5-. The summed E-state index contributed by atoms with van der Waals surface area (Å²) in [6.07, 6.45) is 9.87. The fraction of sp³-hybridized carbons (Fsp3) is 0.650. The molecule has 6 atom stereocenters. The molecule has 0 spiro atoms. The minimum atomic E-state index is -1.93. The summed E-state index contributed by atoms with van der Waals surface area (Å²) in [6, 6.07) is 0. The molecule has 0 aromatic heterocycles. The van der Waals surface area contributed by atoms with Gasteiger partial charge >= 0.3 is 0 Å². The van der Waals surface area contributed by atoms with Gasteiger partial charge in [-0.05, 0) is 43.1 Å². The van der Waals surface area contributed by atoms with Crippen LogP contribution in [0, 0.1) is 29.6 Å². The summed E-state index contributed by atoms with van der Waals surface area (Å²) in [6.45, 7) is 2.11. The van der Waals surface area contributed by atoms with Gasteiger partial charge in [0.05, 0.1) is 11.5 Å². The van der Waals surface area contributed by atoms with Gasteiger partial charge in [-0.25, -0.2) is 0 Å². The highest BCUT2D eigenvalue weighted by Crippen LogP contribution is 2.46. The Morgan fingerprint density at radius 2 is 1.96 bits per heavy atom. The number of rotatable bonds is 3. The second-order valence-corrected chi connectivity index (χ2v) is 8.20. The van der Waals surface area contributed by atoms with Crippen molar-refractivity contribution in [3.8, 4) is 0 Å². The maximum Gasteiger partial charge on any atom is 0.259 e. The highest BCUT2D eigenvalue weighted by Gasteiger charge is 2.56. The first-order valence-electron chi connectivity index (χ1n) is 9.55. The van der Waals surface area contributed by atoms with Gasteiger partial charge in [0.15, 0.2) is 11.5 Å². The van der Waals surface area contributed by atoms with Crippen molar-refractivity contribution in [2.24, 2.45) is 29.6 Å². The second-order valence-electron chi connectivity index (χ2n) is 8.20. The van der Waals surface area contributed by atoms with E-state index < -0.39 is 23.5 Å². The lowest BCUT2D eigenvalue weighted by atomic mass is 9.63. The van der Waals surface area contributed by atoms with Crippen molar-refractivity contribution in [1.82, 2.24) is 4.90 Å². The molecule has 2 fully saturated rings. The zero-order valence-electron chi connectivity index (χ0n) is 14.9. The molecule has 2 aliphatic heterocycles. The van der Waals surface area contributed by atoms with Gasteiger partial charge in [-0.1, -0.05) is 31.9 Å². The number of nitrogens with zero attached hydrogens (tertiary/aromatic N) is 1. The normalized spacial score (nSPS) is 41.6. The minimum absolute atomic E-state index is 0.0255. The van der Waals surface area contributed by atoms with Crippen LogP contribution in [0.15, 0.2) is 23.8 Å². The third-order valence-electron chi connectivity index (χ3n) is 6.84. The van der Waals surface area contributed by atoms with Crippen LogP contribution in [-0.2, 0) is 14.4 Å². The number of aliphatic hydroxyl groups is 1. The van der Waals surface area contributed by atoms with Crippen molar-refractivity contribution < 1.29 is 24.6 Å². The summed E-state index contributed by atoms with van der Waals surface area (Å²) in [5.41, 5.74) is -1.98. The van der Waals surface area contributed by atoms with E-state index >= 15 is 0 Å². The van der Waals surface area contributed by atoms with Gasteiger partial charge in [0, 0.05) is 18.4 Å². The quantitative estimate of drug-likeness (QED) is 0.582. The lowest BCUT2D eigenvalue weighted by Crippen LogP contribution is -2.50. The van der Waals surface area contributed by atoms with Crippen molar-refractivity contribution in [2.75, 3.05) is 6.54 Å². The number of aliphatic carboxylic acids is 1. The molecular weight excluding hydrogens is 334 g/mol. The monoisotopic (exact) mass is 358 g/mol. The van der Waals surface area contributed by atoms with E-state index in [0.29, 0.717) is 5.92 Å². The molecule has 0 aromatic carbocycles. The summed E-state index contributed by atoms with van der Waals surface area (Å²) < 4.78 is 0. The summed E-state index contributed by atoms with van der Waals surface area (Å²) in [4.78, 5) is 38.5. The number of amides is 1. The molecule has 1 saturated heterocycles. The predicted octanol–water partition coefficient (Wildman–Crippen LogP) is 0.411. The largest absolute Gasteiger partial charge is 0.550 e. The van der Waals surface area contributed by atoms with Gasteiger partial charge in [-0.15, -0.1) is 0 Å². The topological polar surface area (TPSA) is 97.7 Å². The molecule has 0 unspecified atom stereocenters. The van der Waals surface area contributed by atoms with Crippen LogP contribution < -0.4 is 5.11 Å². The van der Waals surface area contributed by atoms with Crippen molar-refractivity contribution in [1.29, 1.82) is 0 Å². The first-order valence-corrected chi connectivity index (χ1v) is 9.55. The fourth-order valence-electron chi connectivity index (χ4n) is 5.48. The molecule has 2 heterocycles. The van der Waals surface area contributed by atoms with Crippen LogP contribution in [0.2, 0.25) is 0 Å². The van der Waals surface area contributed by atoms with E-state index in [1.165, 1.54) is 6.08 Å². The first-order chi connectivity index (χ1) is 12.3. The van der Waals surface area contributed by atoms with Crippen LogP contribution in [0.5, 0.6) is 0 Å². The van der Waals surface area contributed by atoms with Crippen molar-refractivity contribution in [3.05, 3.63) is 23.8 Å². The minimum Gasteiger partial charge on any atom is -0.550 e. The smallest absolute Gasteiger partial charge is 0.259 e. The molecule has 1 amide bonds. The van der Waals surface area contributed by atoms with Gasteiger partial charge in [0.1, 0.15) is 0 Å². The van der Waals surface area contributed by atoms with Gasteiger partial charge in [0.25, 0.3) is 5.91 Å². The zero-order chi connectivity index (χ0) is 18.6. The molecule has 140 valence electrons. The van der Waals surface area contributed by atoms with Crippen LogP contribution in [-0.4, -0.2) is 39.9 Å². The average molecular weight is 358 g/mol. The number of fused-ring (bicyclic) bond motifs is 2. The highest BCUT2D eigenvalue weighted by atomic mass is 16.4. The number of ketones is 1. The van der Waals surface area contributed by atoms with Gasteiger partial charge in [-0.2, -0.15) is 0 Å². The van der Waals surface area contributed by atoms with E-state index in [-0.39, 0.29) is 42.1 Å². The van der Waals surface area contributed by atoms with Crippen LogP contribution >= 0.6 is 0 Å². The third kappa shape index (κ3) is 2.38. The Kier molecular flexibility index (Phi) is 4.06. The molecule has 2 aliphatic carbocycles. The first kappa shape index (κ1) is 17.5. The molecule has 6 heteroatoms. The van der Waals surface area contributed by atoms with Crippen molar-refractivity contribution in [3.63, 3.8) is 0 Å². The number of hydrogen-bond donors (Lipinski definition) is 1. The van der Waals surface area contributed by atoms with Crippen LogP contribution in [0.25, 0.3) is 0 Å². The standard InChI is InChI=1S/C20H25NO5/c1-11-6-7-12-4-2-3-5-13(12)16(11)17(22)14-10-20(26)15(19(24)25)8-9-21(20)18(14)23/h6-7,10-13,15-16,26H,2-5,8-9H2,1H3,(H,24,25)/p-1/t11-,12+,13-,15-,16-,20-/m0/s1. The average Bonchev–Trinajstić information content (AvgIpc) is 3.07. The number of carbonyl (C=O) groups is 3. The highest BCUT2D eigenvalue weighted by molar-refractivity contribution is 6.22. The van der Waals surface area contributed by atoms with E-state index in [1.807, 2.05) is 6.92 Å². The Hall–Kier alpha value is -1.95. The number of carbonyl (C=O) groups excluding carboxylic acids is 3. The number of allylic oxidation sites excluding steroid dienone is 2. The fourth-order valence-corrected chi connectivity index (χ4v) is 5.48. The molecule has 1 saturated carbocycles.